The summed E-state index contributed by atoms with van der Waals surface area (Å²) in [5.41, 5.74) is 4.32. The number of thiophene rings is 1. The van der Waals surface area contributed by atoms with E-state index in [9.17, 15) is 4.79 Å². The van der Waals surface area contributed by atoms with Gasteiger partial charge in [0.15, 0.2) is 11.0 Å². The lowest BCUT2D eigenvalue weighted by molar-refractivity contribution is -0.118. The van der Waals surface area contributed by atoms with Crippen molar-refractivity contribution in [1.82, 2.24) is 20.2 Å². The molecular formula is C21H15BrClN5OS2. The molecule has 0 aliphatic heterocycles. The standard InChI is InChI=1S/C21H15BrClN5OS2/c22-18-11-10-17(31-18)12-24-25-19(29)13-30-21-27-26-20(14-4-2-1-3-5-14)28(21)16-8-6-15(23)7-9-16/h1-12H,13H2,(H,25,29)/b24-12-. The molecule has 10 heteroatoms. The topological polar surface area (TPSA) is 72.2 Å². The van der Waals surface area contributed by atoms with Crippen molar-refractivity contribution in [2.75, 3.05) is 5.75 Å². The van der Waals surface area contributed by atoms with Crippen LogP contribution in [0.15, 0.2) is 80.8 Å². The van der Waals surface area contributed by atoms with Crippen LogP contribution in [-0.4, -0.2) is 32.6 Å². The fraction of sp³-hybridized carbons (Fsp3) is 0.0476. The first kappa shape index (κ1) is 21.8. The number of hydrazone groups is 1. The highest BCUT2D eigenvalue weighted by molar-refractivity contribution is 9.11. The summed E-state index contributed by atoms with van der Waals surface area (Å²) in [6, 6.07) is 21.0. The van der Waals surface area contributed by atoms with E-state index in [0.29, 0.717) is 16.0 Å². The Morgan fingerprint density at radius 2 is 1.90 bits per heavy atom. The number of carbonyl (C=O) groups excluding carboxylic acids is 1. The van der Waals surface area contributed by atoms with Gasteiger partial charge in [-0.1, -0.05) is 53.7 Å². The molecule has 0 spiro atoms. The number of aromatic nitrogens is 3. The predicted molar refractivity (Wildman–Crippen MR) is 130 cm³/mol. The molecular weight excluding hydrogens is 518 g/mol. The number of nitrogens with zero attached hydrogens (tertiary/aromatic N) is 4. The van der Waals surface area contributed by atoms with Crippen molar-refractivity contribution in [3.63, 3.8) is 0 Å². The Morgan fingerprint density at radius 1 is 1.13 bits per heavy atom. The van der Waals surface area contributed by atoms with Gasteiger partial charge in [-0.15, -0.1) is 21.5 Å². The highest BCUT2D eigenvalue weighted by Gasteiger charge is 2.17. The minimum atomic E-state index is -0.233. The number of carbonyl (C=O) groups is 1. The third-order valence-corrected chi connectivity index (χ3v) is 6.80. The van der Waals surface area contributed by atoms with Crippen LogP contribution in [0.2, 0.25) is 5.02 Å². The second-order valence-corrected chi connectivity index (χ2v) is 10.1. The smallest absolute Gasteiger partial charge is 0.250 e. The van der Waals surface area contributed by atoms with Gasteiger partial charge < -0.3 is 0 Å². The van der Waals surface area contributed by atoms with E-state index in [1.807, 2.05) is 71.3 Å². The van der Waals surface area contributed by atoms with Crippen LogP contribution in [0.1, 0.15) is 4.88 Å². The molecule has 1 amide bonds. The molecule has 2 aromatic heterocycles. The van der Waals surface area contributed by atoms with Crippen molar-refractivity contribution in [2.24, 2.45) is 5.10 Å². The first-order valence-corrected chi connectivity index (χ1v) is 12.0. The van der Waals surface area contributed by atoms with Crippen LogP contribution >= 0.6 is 50.6 Å². The lowest BCUT2D eigenvalue weighted by Gasteiger charge is -2.10. The highest BCUT2D eigenvalue weighted by Crippen LogP contribution is 2.28. The number of nitrogens with one attached hydrogen (secondary N) is 1. The number of hydrogen-bond donors (Lipinski definition) is 1. The molecule has 0 fully saturated rings. The Kier molecular flexibility index (Phi) is 7.18. The molecule has 2 heterocycles. The van der Waals surface area contributed by atoms with Crippen molar-refractivity contribution in [1.29, 1.82) is 0 Å². The van der Waals surface area contributed by atoms with Crippen molar-refractivity contribution in [2.45, 2.75) is 5.16 Å². The maximum Gasteiger partial charge on any atom is 0.250 e. The van der Waals surface area contributed by atoms with Crippen LogP contribution < -0.4 is 5.43 Å². The second-order valence-electron chi connectivity index (χ2n) is 6.21. The van der Waals surface area contributed by atoms with Gasteiger partial charge in [-0.2, -0.15) is 5.10 Å². The van der Waals surface area contributed by atoms with E-state index in [4.69, 9.17) is 11.6 Å². The van der Waals surface area contributed by atoms with Crippen LogP contribution in [0.25, 0.3) is 17.1 Å². The highest BCUT2D eigenvalue weighted by atomic mass is 79.9. The van der Waals surface area contributed by atoms with Crippen molar-refractivity contribution < 1.29 is 4.79 Å². The number of amides is 1. The first-order valence-electron chi connectivity index (χ1n) is 9.07. The molecule has 0 radical (unpaired) electrons. The fourth-order valence-corrected chi connectivity index (χ4v) is 4.85. The summed E-state index contributed by atoms with van der Waals surface area (Å²) in [5.74, 6) is 0.599. The molecule has 0 atom stereocenters. The van der Waals surface area contributed by atoms with E-state index in [2.05, 4.69) is 36.7 Å². The molecule has 0 saturated carbocycles. The SMILES string of the molecule is O=C(CSc1nnc(-c2ccccc2)n1-c1ccc(Cl)cc1)N/N=C\c1ccc(Br)s1. The van der Waals surface area contributed by atoms with Gasteiger partial charge in [0.25, 0.3) is 5.91 Å². The van der Waals surface area contributed by atoms with Gasteiger partial charge in [0, 0.05) is 21.2 Å². The van der Waals surface area contributed by atoms with Gasteiger partial charge in [-0.05, 0) is 52.3 Å². The molecule has 2 aromatic carbocycles. The minimum absolute atomic E-state index is 0.145. The Bertz CT molecular complexity index is 1210. The zero-order valence-electron chi connectivity index (χ0n) is 15.9. The van der Waals surface area contributed by atoms with Gasteiger partial charge in [0.2, 0.25) is 0 Å². The average Bonchev–Trinajstić information content (AvgIpc) is 3.39. The van der Waals surface area contributed by atoms with Crippen molar-refractivity contribution in [3.05, 3.63) is 80.4 Å². The normalized spacial score (nSPS) is 11.2. The summed E-state index contributed by atoms with van der Waals surface area (Å²) < 4.78 is 2.92. The van der Waals surface area contributed by atoms with Gasteiger partial charge in [-0.3, -0.25) is 9.36 Å². The molecule has 4 rings (SSSR count). The monoisotopic (exact) mass is 531 g/mol. The number of thioether (sulfide) groups is 1. The van der Waals surface area contributed by atoms with E-state index in [-0.39, 0.29) is 11.7 Å². The minimum Gasteiger partial charge on any atom is -0.272 e. The third-order valence-electron chi connectivity index (χ3n) is 4.06. The molecule has 31 heavy (non-hydrogen) atoms. The lowest BCUT2D eigenvalue weighted by Crippen LogP contribution is -2.19. The van der Waals surface area contributed by atoms with Crippen LogP contribution in [0.5, 0.6) is 0 Å². The summed E-state index contributed by atoms with van der Waals surface area (Å²) in [4.78, 5) is 13.2. The third kappa shape index (κ3) is 5.62. The van der Waals surface area contributed by atoms with Gasteiger partial charge in [0.1, 0.15) is 0 Å². The summed E-state index contributed by atoms with van der Waals surface area (Å²) >= 11 is 12.3. The van der Waals surface area contributed by atoms with Crippen molar-refractivity contribution >= 4 is 62.8 Å². The fourth-order valence-electron chi connectivity index (χ4n) is 2.69. The largest absolute Gasteiger partial charge is 0.272 e. The van der Waals surface area contributed by atoms with Crippen LogP contribution in [-0.2, 0) is 4.79 Å². The number of halogens is 2. The quantitative estimate of drug-likeness (QED) is 0.190. The van der Waals surface area contributed by atoms with Gasteiger partial charge >= 0.3 is 0 Å². The summed E-state index contributed by atoms with van der Waals surface area (Å²) in [5, 5.41) is 13.9. The van der Waals surface area contributed by atoms with Gasteiger partial charge in [0.05, 0.1) is 15.8 Å². The molecule has 0 saturated heterocycles. The Hall–Kier alpha value is -2.46. The molecule has 1 N–H and O–H groups in total. The van der Waals surface area contributed by atoms with Crippen LogP contribution in [0, 0.1) is 0 Å². The van der Waals surface area contributed by atoms with E-state index in [1.165, 1.54) is 23.1 Å². The molecule has 4 aromatic rings. The van der Waals surface area contributed by atoms with E-state index in [1.54, 1.807) is 6.21 Å². The Labute approximate surface area is 200 Å². The zero-order valence-corrected chi connectivity index (χ0v) is 19.9. The first-order chi connectivity index (χ1) is 15.1. The molecule has 0 aliphatic carbocycles. The summed E-state index contributed by atoms with van der Waals surface area (Å²) in [6.07, 6.45) is 1.61. The number of rotatable bonds is 7. The van der Waals surface area contributed by atoms with E-state index in [0.717, 1.165) is 19.9 Å². The summed E-state index contributed by atoms with van der Waals surface area (Å²) in [7, 11) is 0. The van der Waals surface area contributed by atoms with E-state index >= 15 is 0 Å². The van der Waals surface area contributed by atoms with Crippen molar-refractivity contribution in [3.8, 4) is 17.1 Å². The Morgan fingerprint density at radius 3 is 2.61 bits per heavy atom. The van der Waals surface area contributed by atoms with Crippen LogP contribution in [0.4, 0.5) is 0 Å². The lowest BCUT2D eigenvalue weighted by atomic mass is 10.2. The Balaban J connectivity index is 1.51. The maximum absolute atomic E-state index is 12.3. The predicted octanol–water partition coefficient (Wildman–Crippen LogP) is 5.65. The molecule has 6 nitrogen and oxygen atoms in total. The average molecular weight is 533 g/mol. The van der Waals surface area contributed by atoms with E-state index < -0.39 is 0 Å². The molecule has 156 valence electrons. The van der Waals surface area contributed by atoms with Crippen LogP contribution in [0.3, 0.4) is 0 Å². The second kappa shape index (κ2) is 10.2. The zero-order chi connectivity index (χ0) is 21.6. The molecule has 0 bridgehead atoms. The number of benzene rings is 2. The van der Waals surface area contributed by atoms with Gasteiger partial charge in [-0.25, -0.2) is 5.43 Å². The molecule has 0 aliphatic rings. The maximum atomic E-state index is 12.3. The summed E-state index contributed by atoms with van der Waals surface area (Å²) in [6.45, 7) is 0. The number of hydrogen-bond acceptors (Lipinski definition) is 6. The molecule has 0 unspecified atom stereocenters.